The molecule has 7 heteroatoms. The van der Waals surface area contributed by atoms with Crippen molar-refractivity contribution < 1.29 is 19.1 Å². The quantitative estimate of drug-likeness (QED) is 0.440. The molecule has 1 saturated heterocycles. The van der Waals surface area contributed by atoms with Crippen molar-refractivity contribution in [3.8, 4) is 5.75 Å². The molecule has 1 N–H and O–H groups in total. The van der Waals surface area contributed by atoms with Gasteiger partial charge in [-0.2, -0.15) is 0 Å². The number of phenolic OH excluding ortho intramolecular Hbond substituents is 1. The summed E-state index contributed by atoms with van der Waals surface area (Å²) in [6.45, 7) is 7.25. The monoisotopic (exact) mass is 459 g/mol. The molecule has 5 rings (SSSR count). The molecule has 0 aliphatic carbocycles. The molecule has 3 heterocycles. The van der Waals surface area contributed by atoms with E-state index in [0.29, 0.717) is 33.2 Å². The van der Waals surface area contributed by atoms with E-state index >= 15 is 0 Å². The molecular weight excluding hydrogens is 430 g/mol. The fourth-order valence-corrected chi connectivity index (χ4v) is 5.04. The number of benzene rings is 2. The average Bonchev–Trinajstić information content (AvgIpc) is 3.20. The van der Waals surface area contributed by atoms with Gasteiger partial charge in [-0.15, -0.1) is 0 Å². The summed E-state index contributed by atoms with van der Waals surface area (Å²) in [5, 5.41) is 13.8. The number of nitrogens with zero attached hydrogens (tertiary/aromatic N) is 3. The minimum absolute atomic E-state index is 0.155. The number of carbonyl (C=O) groups excluding carboxylic acids is 1. The third-order valence-electron chi connectivity index (χ3n) is 6.69. The maximum Gasteiger partial charge on any atom is 0.342 e. The number of carbonyl (C=O) groups is 1. The van der Waals surface area contributed by atoms with Crippen LogP contribution in [0.25, 0.3) is 21.7 Å². The van der Waals surface area contributed by atoms with Crippen LogP contribution in [0.15, 0.2) is 53.2 Å². The summed E-state index contributed by atoms with van der Waals surface area (Å²) in [5.74, 6) is 0.189. The second kappa shape index (κ2) is 9.08. The third-order valence-corrected chi connectivity index (χ3v) is 6.69. The van der Waals surface area contributed by atoms with Crippen LogP contribution < -0.4 is 0 Å². The number of aromatic nitrogens is 1. The maximum absolute atomic E-state index is 13.1. The van der Waals surface area contributed by atoms with Gasteiger partial charge in [0, 0.05) is 60.3 Å². The van der Waals surface area contributed by atoms with E-state index < -0.39 is 5.97 Å². The molecule has 0 bridgehead atoms. The molecular formula is C27H29N3O4. The Bertz CT molecular complexity index is 1340. The molecule has 0 spiro atoms. The van der Waals surface area contributed by atoms with Gasteiger partial charge in [-0.05, 0) is 32.5 Å². The van der Waals surface area contributed by atoms with Crippen LogP contribution in [0.2, 0.25) is 0 Å². The molecule has 176 valence electrons. The first-order chi connectivity index (χ1) is 16.5. The lowest BCUT2D eigenvalue weighted by atomic mass is 9.89. The van der Waals surface area contributed by atoms with E-state index in [4.69, 9.17) is 9.15 Å². The van der Waals surface area contributed by atoms with E-state index in [1.54, 1.807) is 20.0 Å². The van der Waals surface area contributed by atoms with Crippen molar-refractivity contribution in [2.75, 3.05) is 39.8 Å². The first-order valence-electron chi connectivity index (χ1n) is 11.7. The number of piperazine rings is 1. The number of furan rings is 1. The fourth-order valence-electron chi connectivity index (χ4n) is 5.04. The van der Waals surface area contributed by atoms with Gasteiger partial charge in [0.25, 0.3) is 0 Å². The predicted octanol–water partition coefficient (Wildman–Crippen LogP) is 4.51. The molecule has 0 radical (unpaired) electrons. The molecule has 0 amide bonds. The highest BCUT2D eigenvalue weighted by Crippen LogP contribution is 2.47. The lowest BCUT2D eigenvalue weighted by molar-refractivity contribution is 0.0526. The molecule has 0 saturated carbocycles. The molecule has 1 aliphatic heterocycles. The maximum atomic E-state index is 13.1. The summed E-state index contributed by atoms with van der Waals surface area (Å²) in [6.07, 6.45) is 3.58. The largest absolute Gasteiger partial charge is 0.507 e. The zero-order valence-corrected chi connectivity index (χ0v) is 19.7. The van der Waals surface area contributed by atoms with Crippen molar-refractivity contribution in [1.82, 2.24) is 14.8 Å². The minimum Gasteiger partial charge on any atom is -0.507 e. The molecule has 0 unspecified atom stereocenters. The van der Waals surface area contributed by atoms with Crippen molar-refractivity contribution >= 4 is 27.7 Å². The number of ether oxygens (including phenoxy) is 1. The van der Waals surface area contributed by atoms with E-state index in [1.165, 1.54) is 0 Å². The van der Waals surface area contributed by atoms with E-state index in [9.17, 15) is 9.90 Å². The topological polar surface area (TPSA) is 79.0 Å². The Labute approximate surface area is 198 Å². The molecule has 1 fully saturated rings. The molecule has 7 nitrogen and oxygen atoms in total. The lowest BCUT2D eigenvalue weighted by Crippen LogP contribution is -2.46. The Hall–Kier alpha value is -3.42. The van der Waals surface area contributed by atoms with Gasteiger partial charge < -0.3 is 19.2 Å². The predicted molar refractivity (Wildman–Crippen MR) is 131 cm³/mol. The Kier molecular flexibility index (Phi) is 5.98. The van der Waals surface area contributed by atoms with Crippen molar-refractivity contribution in [2.45, 2.75) is 19.9 Å². The van der Waals surface area contributed by atoms with Crippen LogP contribution in [-0.4, -0.2) is 65.7 Å². The summed E-state index contributed by atoms with van der Waals surface area (Å²) < 4.78 is 11.6. The second-order valence-corrected chi connectivity index (χ2v) is 8.79. The Morgan fingerprint density at radius 1 is 1.15 bits per heavy atom. The van der Waals surface area contributed by atoms with Gasteiger partial charge in [-0.3, -0.25) is 9.88 Å². The van der Waals surface area contributed by atoms with Crippen LogP contribution in [0.3, 0.4) is 0 Å². The number of hydrogen-bond donors (Lipinski definition) is 1. The molecule has 2 aromatic carbocycles. The standard InChI is InChI=1S/C27H29N3O4/c1-4-33-27(32)21-17(2)34-26-20-10-6-5-9-19(20)25(31)23(22(21)26)24(18-8-7-11-28-16-18)30-14-12-29(3)13-15-30/h5-11,16,24,31H,4,12-15H2,1-3H3/t24-/m1/s1. The SMILES string of the molecule is CCOC(=O)c1c(C)oc2c1c([C@@H](c1cccnc1)N1CCN(C)CC1)c(O)c1ccccc12. The van der Waals surface area contributed by atoms with Gasteiger partial charge >= 0.3 is 5.97 Å². The zero-order chi connectivity index (χ0) is 23.8. The van der Waals surface area contributed by atoms with Crippen LogP contribution in [0.5, 0.6) is 5.75 Å². The van der Waals surface area contributed by atoms with E-state index in [-0.39, 0.29) is 18.4 Å². The molecule has 1 aliphatic rings. The van der Waals surface area contributed by atoms with Crippen molar-refractivity contribution in [1.29, 1.82) is 0 Å². The number of likely N-dealkylation sites (N-methyl/N-ethyl adjacent to an activating group) is 1. The van der Waals surface area contributed by atoms with Crippen LogP contribution in [0.4, 0.5) is 0 Å². The van der Waals surface area contributed by atoms with Gasteiger partial charge in [0.05, 0.1) is 12.6 Å². The molecule has 4 aromatic rings. The number of pyridine rings is 1. The van der Waals surface area contributed by atoms with Crippen LogP contribution in [-0.2, 0) is 4.74 Å². The number of esters is 1. The van der Waals surface area contributed by atoms with Gasteiger partial charge in [-0.25, -0.2) is 4.79 Å². The lowest BCUT2D eigenvalue weighted by Gasteiger charge is -2.38. The van der Waals surface area contributed by atoms with E-state index in [1.807, 2.05) is 42.6 Å². The number of aromatic hydroxyl groups is 1. The summed E-state index contributed by atoms with van der Waals surface area (Å²) in [6, 6.07) is 11.2. The Morgan fingerprint density at radius 2 is 1.88 bits per heavy atom. The van der Waals surface area contributed by atoms with Crippen molar-refractivity contribution in [3.63, 3.8) is 0 Å². The normalized spacial score (nSPS) is 16.2. The van der Waals surface area contributed by atoms with Gasteiger partial charge in [-0.1, -0.05) is 30.3 Å². The van der Waals surface area contributed by atoms with Crippen LogP contribution >= 0.6 is 0 Å². The van der Waals surface area contributed by atoms with E-state index in [0.717, 1.165) is 37.1 Å². The highest BCUT2D eigenvalue weighted by Gasteiger charge is 2.34. The zero-order valence-electron chi connectivity index (χ0n) is 19.7. The second-order valence-electron chi connectivity index (χ2n) is 8.79. The van der Waals surface area contributed by atoms with Crippen LogP contribution in [0, 0.1) is 6.92 Å². The number of fused-ring (bicyclic) bond motifs is 3. The number of phenols is 1. The van der Waals surface area contributed by atoms with Gasteiger partial charge in [0.2, 0.25) is 0 Å². The van der Waals surface area contributed by atoms with Gasteiger partial charge in [0.1, 0.15) is 22.7 Å². The first-order valence-corrected chi connectivity index (χ1v) is 11.7. The number of rotatable bonds is 5. The van der Waals surface area contributed by atoms with Crippen molar-refractivity contribution in [3.05, 3.63) is 71.2 Å². The smallest absolute Gasteiger partial charge is 0.342 e. The van der Waals surface area contributed by atoms with E-state index in [2.05, 4.69) is 21.8 Å². The summed E-state index contributed by atoms with van der Waals surface area (Å²) >= 11 is 0. The minimum atomic E-state index is -0.446. The van der Waals surface area contributed by atoms with Gasteiger partial charge in [0.15, 0.2) is 0 Å². The first kappa shape index (κ1) is 22.4. The fraction of sp³-hybridized carbons (Fsp3) is 0.333. The number of aryl methyl sites for hydroxylation is 1. The summed E-state index contributed by atoms with van der Waals surface area (Å²) in [4.78, 5) is 22.1. The molecule has 1 atom stereocenters. The molecule has 34 heavy (non-hydrogen) atoms. The molecule has 2 aromatic heterocycles. The highest BCUT2D eigenvalue weighted by molar-refractivity contribution is 6.16. The Balaban J connectivity index is 1.87. The van der Waals surface area contributed by atoms with Crippen molar-refractivity contribution in [2.24, 2.45) is 0 Å². The summed E-state index contributed by atoms with van der Waals surface area (Å²) in [7, 11) is 2.11. The number of hydrogen-bond acceptors (Lipinski definition) is 7. The third kappa shape index (κ3) is 3.71. The highest BCUT2D eigenvalue weighted by atomic mass is 16.5. The Morgan fingerprint density at radius 3 is 2.56 bits per heavy atom. The summed E-state index contributed by atoms with van der Waals surface area (Å²) in [5.41, 5.74) is 2.57. The average molecular weight is 460 g/mol. The van der Waals surface area contributed by atoms with Crippen LogP contribution in [0.1, 0.15) is 40.2 Å².